The van der Waals surface area contributed by atoms with Crippen molar-refractivity contribution in [1.29, 1.82) is 0 Å². The van der Waals surface area contributed by atoms with Crippen LogP contribution in [0, 0.1) is 18.6 Å². The molecule has 8 nitrogen and oxygen atoms in total. The zero-order valence-corrected chi connectivity index (χ0v) is 25.7. The van der Waals surface area contributed by atoms with Crippen LogP contribution in [0.3, 0.4) is 0 Å². The van der Waals surface area contributed by atoms with Gasteiger partial charge in [0.1, 0.15) is 17.5 Å². The number of halogens is 2. The van der Waals surface area contributed by atoms with Crippen molar-refractivity contribution in [1.82, 2.24) is 25.5 Å². The maximum atomic E-state index is 14.0. The molecular weight excluding hydrogens is 552 g/mol. The lowest BCUT2D eigenvalue weighted by molar-refractivity contribution is 0.0755. The second kappa shape index (κ2) is 16.2. The van der Waals surface area contributed by atoms with Crippen molar-refractivity contribution in [3.05, 3.63) is 94.1 Å². The summed E-state index contributed by atoms with van der Waals surface area (Å²) in [5, 5.41) is 17.1. The molecule has 10 heteroatoms. The number of aromatic nitrogens is 2. The van der Waals surface area contributed by atoms with E-state index in [1.54, 1.807) is 36.2 Å². The Bertz CT molecular complexity index is 1360. The Balaban J connectivity index is 1.80. The lowest BCUT2D eigenvalue weighted by atomic mass is 9.99. The molecule has 0 saturated heterocycles. The van der Waals surface area contributed by atoms with E-state index in [-0.39, 0.29) is 42.5 Å². The molecule has 43 heavy (non-hydrogen) atoms. The Morgan fingerprint density at radius 3 is 2.26 bits per heavy atom. The minimum Gasteiger partial charge on any atom is -0.390 e. The third-order valence-corrected chi connectivity index (χ3v) is 6.97. The molecular formula is C33H43F2N5O3. The smallest absolute Gasteiger partial charge is 0.253 e. The van der Waals surface area contributed by atoms with Crippen molar-refractivity contribution in [2.75, 3.05) is 19.6 Å². The number of aryl methyl sites for hydroxylation is 1. The molecule has 232 valence electrons. The monoisotopic (exact) mass is 595 g/mol. The molecule has 0 fully saturated rings. The van der Waals surface area contributed by atoms with E-state index in [0.717, 1.165) is 30.2 Å². The lowest BCUT2D eigenvalue weighted by Crippen LogP contribution is -2.48. The predicted octanol–water partition coefficient (Wildman–Crippen LogP) is 4.94. The first kappa shape index (κ1) is 33.7. The van der Waals surface area contributed by atoms with Crippen LogP contribution in [0.4, 0.5) is 8.78 Å². The van der Waals surface area contributed by atoms with Gasteiger partial charge in [-0.15, -0.1) is 0 Å². The van der Waals surface area contributed by atoms with Gasteiger partial charge >= 0.3 is 0 Å². The first-order valence-corrected chi connectivity index (χ1v) is 14.9. The highest BCUT2D eigenvalue weighted by molar-refractivity contribution is 6.00. The summed E-state index contributed by atoms with van der Waals surface area (Å²) in [6, 6.07) is 9.03. The average molecular weight is 596 g/mol. The van der Waals surface area contributed by atoms with Crippen LogP contribution < -0.4 is 10.6 Å². The van der Waals surface area contributed by atoms with E-state index in [1.165, 1.54) is 12.1 Å². The van der Waals surface area contributed by atoms with Gasteiger partial charge in [-0.3, -0.25) is 9.59 Å². The van der Waals surface area contributed by atoms with Gasteiger partial charge < -0.3 is 20.6 Å². The van der Waals surface area contributed by atoms with Crippen LogP contribution in [0.2, 0.25) is 0 Å². The number of benzene rings is 2. The summed E-state index contributed by atoms with van der Waals surface area (Å²) < 4.78 is 27.9. The summed E-state index contributed by atoms with van der Waals surface area (Å²) in [6.07, 6.45) is 2.16. The summed E-state index contributed by atoms with van der Waals surface area (Å²) in [5.74, 6) is -1.37. The van der Waals surface area contributed by atoms with Gasteiger partial charge in [0.2, 0.25) is 0 Å². The molecule has 1 aromatic heterocycles. The third kappa shape index (κ3) is 10.2. The molecule has 0 aliphatic heterocycles. The van der Waals surface area contributed by atoms with E-state index in [9.17, 15) is 23.5 Å². The Morgan fingerprint density at radius 1 is 0.977 bits per heavy atom. The van der Waals surface area contributed by atoms with E-state index in [1.807, 2.05) is 33.8 Å². The van der Waals surface area contributed by atoms with Gasteiger partial charge in [-0.25, -0.2) is 18.7 Å². The highest BCUT2D eigenvalue weighted by atomic mass is 19.1. The number of nitrogens with one attached hydrogen (secondary N) is 2. The van der Waals surface area contributed by atoms with Crippen molar-refractivity contribution in [3.8, 4) is 0 Å². The third-order valence-electron chi connectivity index (χ3n) is 6.97. The molecule has 0 aliphatic rings. The fourth-order valence-electron chi connectivity index (χ4n) is 4.89. The lowest BCUT2D eigenvalue weighted by Gasteiger charge is -2.25. The minimum atomic E-state index is -1.13. The molecule has 0 saturated carbocycles. The number of rotatable bonds is 15. The van der Waals surface area contributed by atoms with Crippen molar-refractivity contribution < 1.29 is 23.5 Å². The molecule has 2 atom stereocenters. The highest BCUT2D eigenvalue weighted by Gasteiger charge is 2.24. The summed E-state index contributed by atoms with van der Waals surface area (Å²) in [5.41, 5.74) is 2.57. The Morgan fingerprint density at radius 2 is 1.63 bits per heavy atom. The van der Waals surface area contributed by atoms with Crippen LogP contribution in [0.1, 0.15) is 89.8 Å². The standard InChI is InChI=1S/C33H43F2N5O3/c1-6-10-40(11-7-2)33(43)25-13-22(5)12-24(17-25)32(42)39-29(16-23-14-26(34)18-27(35)15-23)30(41)19-36-20-31-37-9-8-28(38-31)21(3)4/h8-9,12-15,17-18,21,29-30,36,41H,6-7,10-11,16,19-20H2,1-5H3,(H,39,42)/t29-,30+/m0/s1. The normalized spacial score (nSPS) is 12.7. The van der Waals surface area contributed by atoms with Gasteiger partial charge in [0, 0.05) is 48.7 Å². The number of nitrogens with zero attached hydrogens (tertiary/aromatic N) is 3. The van der Waals surface area contributed by atoms with Crippen LogP contribution in [0.25, 0.3) is 0 Å². The van der Waals surface area contributed by atoms with E-state index >= 15 is 0 Å². The predicted molar refractivity (Wildman–Crippen MR) is 163 cm³/mol. The van der Waals surface area contributed by atoms with Crippen LogP contribution in [0.15, 0.2) is 48.7 Å². The molecule has 0 unspecified atom stereocenters. The Hall–Kier alpha value is -3.76. The van der Waals surface area contributed by atoms with E-state index in [4.69, 9.17) is 0 Å². The Labute approximate surface area is 252 Å². The molecule has 0 spiro atoms. The quantitative estimate of drug-likeness (QED) is 0.230. The first-order chi connectivity index (χ1) is 20.5. The molecule has 0 radical (unpaired) electrons. The second-order valence-corrected chi connectivity index (χ2v) is 11.2. The number of hydrogen-bond donors (Lipinski definition) is 3. The zero-order chi connectivity index (χ0) is 31.5. The molecule has 3 aromatic rings. The maximum Gasteiger partial charge on any atom is 0.253 e. The van der Waals surface area contributed by atoms with Gasteiger partial charge in [-0.2, -0.15) is 0 Å². The van der Waals surface area contributed by atoms with Gasteiger partial charge in [-0.1, -0.05) is 27.7 Å². The topological polar surface area (TPSA) is 107 Å². The maximum absolute atomic E-state index is 14.0. The van der Waals surface area contributed by atoms with Crippen LogP contribution in [0.5, 0.6) is 0 Å². The van der Waals surface area contributed by atoms with Crippen molar-refractivity contribution in [2.45, 2.75) is 78.5 Å². The molecule has 3 N–H and O–H groups in total. The van der Waals surface area contributed by atoms with Crippen LogP contribution >= 0.6 is 0 Å². The largest absolute Gasteiger partial charge is 0.390 e. The first-order valence-electron chi connectivity index (χ1n) is 14.9. The summed E-state index contributed by atoms with van der Waals surface area (Å²) >= 11 is 0. The zero-order valence-electron chi connectivity index (χ0n) is 25.7. The van der Waals surface area contributed by atoms with E-state index < -0.39 is 29.7 Å². The molecule has 0 bridgehead atoms. The van der Waals surface area contributed by atoms with Gasteiger partial charge in [0.25, 0.3) is 11.8 Å². The fraction of sp³-hybridized carbons (Fsp3) is 0.455. The number of amides is 2. The average Bonchev–Trinajstić information content (AvgIpc) is 2.95. The number of hydrogen-bond acceptors (Lipinski definition) is 6. The van der Waals surface area contributed by atoms with Crippen LogP contribution in [-0.4, -0.2) is 63.6 Å². The SMILES string of the molecule is CCCN(CCC)C(=O)c1cc(C)cc(C(=O)N[C@@H](Cc2cc(F)cc(F)c2)[C@H](O)CNCc2nccc(C(C)C)n2)c1. The summed E-state index contributed by atoms with van der Waals surface area (Å²) in [6.45, 7) is 11.4. The number of carbonyl (C=O) groups excluding carboxylic acids is 2. The summed E-state index contributed by atoms with van der Waals surface area (Å²) in [4.78, 5) is 37.3. The van der Waals surface area contributed by atoms with Gasteiger partial charge in [-0.05, 0) is 79.6 Å². The molecule has 0 aliphatic carbocycles. The van der Waals surface area contributed by atoms with Gasteiger partial charge in [0.15, 0.2) is 0 Å². The molecule has 2 amide bonds. The van der Waals surface area contributed by atoms with Crippen LogP contribution in [-0.2, 0) is 13.0 Å². The number of aliphatic hydroxyl groups is 1. The Kier molecular flexibility index (Phi) is 12.7. The summed E-state index contributed by atoms with van der Waals surface area (Å²) in [7, 11) is 0. The molecule has 1 heterocycles. The fourth-order valence-corrected chi connectivity index (χ4v) is 4.89. The molecule has 3 rings (SSSR count). The van der Waals surface area contributed by atoms with E-state index in [2.05, 4.69) is 20.6 Å². The molecule has 2 aromatic carbocycles. The number of aliphatic hydroxyl groups excluding tert-OH is 1. The van der Waals surface area contributed by atoms with Gasteiger partial charge in [0.05, 0.1) is 18.7 Å². The van der Waals surface area contributed by atoms with Crippen molar-refractivity contribution >= 4 is 11.8 Å². The van der Waals surface area contributed by atoms with E-state index in [0.29, 0.717) is 24.5 Å². The second-order valence-electron chi connectivity index (χ2n) is 11.2. The van der Waals surface area contributed by atoms with Crippen molar-refractivity contribution in [2.24, 2.45) is 0 Å². The minimum absolute atomic E-state index is 0.0268. The highest BCUT2D eigenvalue weighted by Crippen LogP contribution is 2.16. The van der Waals surface area contributed by atoms with Crippen molar-refractivity contribution in [3.63, 3.8) is 0 Å². The number of carbonyl (C=O) groups is 2.